The smallest absolute Gasteiger partial charge is 0.244 e. The summed E-state index contributed by atoms with van der Waals surface area (Å²) in [5, 5.41) is 3.24. The van der Waals surface area contributed by atoms with E-state index < -0.39 is 11.8 Å². The highest BCUT2D eigenvalue weighted by molar-refractivity contribution is 6.39. The van der Waals surface area contributed by atoms with Crippen molar-refractivity contribution in [3.63, 3.8) is 0 Å². The first-order valence-corrected chi connectivity index (χ1v) is 9.99. The molecule has 3 rings (SSSR count). The first-order chi connectivity index (χ1) is 14.3. The van der Waals surface area contributed by atoms with E-state index in [9.17, 15) is 14.4 Å². The molecule has 1 aliphatic rings. The fourth-order valence-electron chi connectivity index (χ4n) is 3.29. The lowest BCUT2D eigenvalue weighted by molar-refractivity contribution is -0.137. The Morgan fingerprint density at radius 3 is 2.40 bits per heavy atom. The Balaban J connectivity index is 1.60. The summed E-state index contributed by atoms with van der Waals surface area (Å²) in [5.41, 5.74) is 0.998. The second-order valence-electron chi connectivity index (χ2n) is 6.94. The Bertz CT molecular complexity index is 945. The number of anilines is 2. The number of benzene rings is 2. The van der Waals surface area contributed by atoms with Crippen LogP contribution in [0.3, 0.4) is 0 Å². The van der Waals surface area contributed by atoms with Gasteiger partial charge < -0.3 is 19.9 Å². The predicted octanol–water partition coefficient (Wildman–Crippen LogP) is 3.45. The molecule has 9 heteroatoms. The summed E-state index contributed by atoms with van der Waals surface area (Å²) in [6, 6.07) is 11.9. The number of hydrogen-bond donors (Lipinski definition) is 1. The fraction of sp³-hybridized carbons (Fsp3) is 0.286. The number of amides is 3. The van der Waals surface area contributed by atoms with E-state index >= 15 is 0 Å². The van der Waals surface area contributed by atoms with Crippen LogP contribution >= 0.6 is 23.2 Å². The molecule has 3 amide bonds. The van der Waals surface area contributed by atoms with Crippen molar-refractivity contribution in [1.82, 2.24) is 4.90 Å². The lowest BCUT2D eigenvalue weighted by Crippen LogP contribution is -2.39. The number of methoxy groups -OCH3 is 1. The van der Waals surface area contributed by atoms with E-state index in [1.165, 1.54) is 11.9 Å². The van der Waals surface area contributed by atoms with Gasteiger partial charge in [0, 0.05) is 25.7 Å². The van der Waals surface area contributed by atoms with E-state index in [-0.39, 0.29) is 31.3 Å². The van der Waals surface area contributed by atoms with Gasteiger partial charge in [-0.05, 0) is 36.4 Å². The Morgan fingerprint density at radius 1 is 1.17 bits per heavy atom. The summed E-state index contributed by atoms with van der Waals surface area (Å²) in [7, 11) is 3.09. The van der Waals surface area contributed by atoms with Gasteiger partial charge in [0.05, 0.1) is 35.3 Å². The second-order valence-corrected chi connectivity index (χ2v) is 7.76. The van der Waals surface area contributed by atoms with Crippen LogP contribution in [0, 0.1) is 5.92 Å². The van der Waals surface area contributed by atoms with Crippen molar-refractivity contribution in [2.24, 2.45) is 5.92 Å². The number of carbonyl (C=O) groups is 3. The SMILES string of the molecule is COc1ccc(N2CC(C(=O)N(C)CC(=O)Nc3c(Cl)cccc3Cl)CC2=O)cc1. The first kappa shape index (κ1) is 21.9. The summed E-state index contributed by atoms with van der Waals surface area (Å²) < 4.78 is 5.13. The summed E-state index contributed by atoms with van der Waals surface area (Å²) in [5.74, 6) is -0.695. The van der Waals surface area contributed by atoms with Crippen molar-refractivity contribution in [1.29, 1.82) is 0 Å². The van der Waals surface area contributed by atoms with Crippen LogP contribution in [0.15, 0.2) is 42.5 Å². The molecule has 2 aromatic rings. The normalized spacial score (nSPS) is 15.8. The lowest BCUT2D eigenvalue weighted by Gasteiger charge is -2.21. The third-order valence-corrected chi connectivity index (χ3v) is 5.47. The summed E-state index contributed by atoms with van der Waals surface area (Å²) in [6.07, 6.45) is 0.0904. The van der Waals surface area contributed by atoms with E-state index in [2.05, 4.69) is 5.32 Å². The van der Waals surface area contributed by atoms with Crippen LogP contribution in [0.25, 0.3) is 0 Å². The molecule has 1 unspecified atom stereocenters. The number of nitrogens with one attached hydrogen (secondary N) is 1. The van der Waals surface area contributed by atoms with E-state index in [0.717, 1.165) is 0 Å². The van der Waals surface area contributed by atoms with Crippen LogP contribution in [-0.2, 0) is 14.4 Å². The average molecular weight is 450 g/mol. The van der Waals surface area contributed by atoms with Gasteiger partial charge in [-0.3, -0.25) is 14.4 Å². The van der Waals surface area contributed by atoms with Gasteiger partial charge in [-0.1, -0.05) is 29.3 Å². The zero-order valence-electron chi connectivity index (χ0n) is 16.5. The zero-order chi connectivity index (χ0) is 21.8. The van der Waals surface area contributed by atoms with E-state index in [1.54, 1.807) is 54.5 Å². The van der Waals surface area contributed by atoms with Gasteiger partial charge in [0.25, 0.3) is 0 Å². The van der Waals surface area contributed by atoms with Crippen molar-refractivity contribution in [3.05, 3.63) is 52.5 Å². The maximum Gasteiger partial charge on any atom is 0.244 e. The maximum atomic E-state index is 12.8. The van der Waals surface area contributed by atoms with Gasteiger partial charge >= 0.3 is 0 Å². The highest BCUT2D eigenvalue weighted by Gasteiger charge is 2.36. The Kier molecular flexibility index (Phi) is 6.84. The van der Waals surface area contributed by atoms with Crippen molar-refractivity contribution in [3.8, 4) is 5.75 Å². The van der Waals surface area contributed by atoms with Crippen molar-refractivity contribution >= 4 is 52.3 Å². The monoisotopic (exact) mass is 449 g/mol. The molecule has 0 spiro atoms. The Hall–Kier alpha value is -2.77. The zero-order valence-corrected chi connectivity index (χ0v) is 18.0. The molecule has 1 saturated heterocycles. The Labute approximate surface area is 184 Å². The molecule has 1 N–H and O–H groups in total. The van der Waals surface area contributed by atoms with Crippen LogP contribution in [0.4, 0.5) is 11.4 Å². The van der Waals surface area contributed by atoms with Crippen molar-refractivity contribution in [2.45, 2.75) is 6.42 Å². The molecule has 0 bridgehead atoms. The van der Waals surface area contributed by atoms with Gasteiger partial charge in [0.2, 0.25) is 17.7 Å². The molecule has 1 heterocycles. The molecule has 2 aromatic carbocycles. The first-order valence-electron chi connectivity index (χ1n) is 9.23. The predicted molar refractivity (Wildman–Crippen MR) is 116 cm³/mol. The number of carbonyl (C=O) groups excluding carboxylic acids is 3. The highest BCUT2D eigenvalue weighted by atomic mass is 35.5. The standard InChI is InChI=1S/C21H21Cl2N3O4/c1-25(12-18(27)24-20-16(22)4-3-5-17(20)23)21(29)13-10-19(28)26(11-13)14-6-8-15(30-2)9-7-14/h3-9,13H,10-12H2,1-2H3,(H,24,27). The molecular formula is C21H21Cl2N3O4. The lowest BCUT2D eigenvalue weighted by atomic mass is 10.1. The van der Waals surface area contributed by atoms with Gasteiger partial charge in [0.15, 0.2) is 0 Å². The molecular weight excluding hydrogens is 429 g/mol. The van der Waals surface area contributed by atoms with Crippen molar-refractivity contribution < 1.29 is 19.1 Å². The van der Waals surface area contributed by atoms with Crippen LogP contribution in [0.1, 0.15) is 6.42 Å². The third kappa shape index (κ3) is 4.86. The molecule has 0 aromatic heterocycles. The maximum absolute atomic E-state index is 12.8. The minimum absolute atomic E-state index is 0.0904. The molecule has 7 nitrogen and oxygen atoms in total. The minimum Gasteiger partial charge on any atom is -0.497 e. The molecule has 0 radical (unpaired) electrons. The van der Waals surface area contributed by atoms with Crippen LogP contribution in [0.2, 0.25) is 10.0 Å². The minimum atomic E-state index is -0.527. The van der Waals surface area contributed by atoms with Gasteiger partial charge in [-0.2, -0.15) is 0 Å². The molecule has 1 aliphatic heterocycles. The number of ether oxygens (including phenoxy) is 1. The number of para-hydroxylation sites is 1. The number of nitrogens with zero attached hydrogens (tertiary/aromatic N) is 2. The molecule has 1 atom stereocenters. The molecule has 158 valence electrons. The van der Waals surface area contributed by atoms with E-state index in [1.807, 2.05) is 0 Å². The molecule has 30 heavy (non-hydrogen) atoms. The number of rotatable bonds is 6. The molecule has 0 saturated carbocycles. The third-order valence-electron chi connectivity index (χ3n) is 4.84. The number of likely N-dealkylation sites (N-methyl/N-ethyl adjacent to an activating group) is 1. The van der Waals surface area contributed by atoms with E-state index in [4.69, 9.17) is 27.9 Å². The van der Waals surface area contributed by atoms with Gasteiger partial charge in [0.1, 0.15) is 5.75 Å². The highest BCUT2D eigenvalue weighted by Crippen LogP contribution is 2.30. The second kappa shape index (κ2) is 9.36. The molecule has 1 fully saturated rings. The Morgan fingerprint density at radius 2 is 1.80 bits per heavy atom. The average Bonchev–Trinajstić information content (AvgIpc) is 3.11. The van der Waals surface area contributed by atoms with E-state index in [0.29, 0.717) is 27.2 Å². The fourth-order valence-corrected chi connectivity index (χ4v) is 3.78. The quantitative estimate of drug-likeness (QED) is 0.732. The number of hydrogen-bond acceptors (Lipinski definition) is 4. The summed E-state index contributed by atoms with van der Waals surface area (Å²) >= 11 is 12.1. The van der Waals surface area contributed by atoms with Crippen molar-refractivity contribution in [2.75, 3.05) is 37.5 Å². The van der Waals surface area contributed by atoms with Gasteiger partial charge in [-0.15, -0.1) is 0 Å². The number of halogens is 2. The van der Waals surface area contributed by atoms with Crippen LogP contribution in [0.5, 0.6) is 5.75 Å². The topological polar surface area (TPSA) is 79.0 Å². The van der Waals surface area contributed by atoms with Crippen LogP contribution in [-0.4, -0.2) is 49.9 Å². The van der Waals surface area contributed by atoms with Crippen LogP contribution < -0.4 is 15.0 Å². The summed E-state index contributed by atoms with van der Waals surface area (Å²) in [6.45, 7) is 0.0694. The van der Waals surface area contributed by atoms with Gasteiger partial charge in [-0.25, -0.2) is 0 Å². The largest absolute Gasteiger partial charge is 0.497 e. The molecule has 0 aliphatic carbocycles. The summed E-state index contributed by atoms with van der Waals surface area (Å²) in [4.78, 5) is 40.4.